The van der Waals surface area contributed by atoms with Crippen LogP contribution in [-0.4, -0.2) is 33.6 Å². The third-order valence-electron chi connectivity index (χ3n) is 2.81. The predicted octanol–water partition coefficient (Wildman–Crippen LogP) is 2.48. The van der Waals surface area contributed by atoms with Crippen LogP contribution in [0.15, 0.2) is 18.3 Å². The van der Waals surface area contributed by atoms with Crippen molar-refractivity contribution < 1.29 is 9.90 Å². The van der Waals surface area contributed by atoms with Crippen LogP contribution in [0.5, 0.6) is 0 Å². The van der Waals surface area contributed by atoms with Gasteiger partial charge in [0, 0.05) is 18.0 Å². The number of pyridine rings is 1. The molecule has 0 bridgehead atoms. The SMILES string of the molecule is O=C(O)c1cccnc1NCC1CCCCS1. The number of rotatable bonds is 4. The minimum absolute atomic E-state index is 0.244. The van der Waals surface area contributed by atoms with Crippen molar-refractivity contribution in [2.75, 3.05) is 17.6 Å². The Balaban J connectivity index is 1.96. The van der Waals surface area contributed by atoms with Crippen molar-refractivity contribution in [1.29, 1.82) is 0 Å². The predicted molar refractivity (Wildman–Crippen MR) is 69.8 cm³/mol. The zero-order valence-electron chi connectivity index (χ0n) is 9.56. The summed E-state index contributed by atoms with van der Waals surface area (Å²) in [4.78, 5) is 15.1. The highest BCUT2D eigenvalue weighted by atomic mass is 32.2. The molecule has 92 valence electrons. The Hall–Kier alpha value is -1.23. The van der Waals surface area contributed by atoms with Crippen molar-refractivity contribution >= 4 is 23.5 Å². The molecule has 2 rings (SSSR count). The maximum Gasteiger partial charge on any atom is 0.339 e. The number of thioether (sulfide) groups is 1. The van der Waals surface area contributed by atoms with Gasteiger partial charge in [0.15, 0.2) is 0 Å². The van der Waals surface area contributed by atoms with E-state index in [0.29, 0.717) is 11.1 Å². The minimum Gasteiger partial charge on any atom is -0.478 e. The fourth-order valence-electron chi connectivity index (χ4n) is 1.90. The van der Waals surface area contributed by atoms with Crippen LogP contribution in [-0.2, 0) is 0 Å². The Morgan fingerprint density at radius 1 is 1.59 bits per heavy atom. The van der Waals surface area contributed by atoms with E-state index in [1.807, 2.05) is 11.8 Å². The molecular formula is C12H16N2O2S. The van der Waals surface area contributed by atoms with Gasteiger partial charge in [-0.15, -0.1) is 0 Å². The van der Waals surface area contributed by atoms with Gasteiger partial charge in [-0.3, -0.25) is 0 Å². The number of carbonyl (C=O) groups is 1. The molecule has 17 heavy (non-hydrogen) atoms. The third-order valence-corrected chi connectivity index (χ3v) is 4.21. The second-order valence-corrected chi connectivity index (χ2v) is 5.48. The average molecular weight is 252 g/mol. The van der Waals surface area contributed by atoms with Crippen LogP contribution in [0.3, 0.4) is 0 Å². The lowest BCUT2D eigenvalue weighted by molar-refractivity contribution is 0.0697. The van der Waals surface area contributed by atoms with E-state index >= 15 is 0 Å². The molecule has 2 heterocycles. The second-order valence-electron chi connectivity index (χ2n) is 4.07. The van der Waals surface area contributed by atoms with Crippen molar-refractivity contribution in [3.63, 3.8) is 0 Å². The van der Waals surface area contributed by atoms with E-state index in [1.165, 1.54) is 25.0 Å². The fourth-order valence-corrected chi connectivity index (χ4v) is 3.14. The molecule has 1 atom stereocenters. The van der Waals surface area contributed by atoms with Gasteiger partial charge in [0.05, 0.1) is 0 Å². The quantitative estimate of drug-likeness (QED) is 0.862. The number of anilines is 1. The number of hydrogen-bond donors (Lipinski definition) is 2. The van der Waals surface area contributed by atoms with Crippen molar-refractivity contribution in [3.8, 4) is 0 Å². The lowest BCUT2D eigenvalue weighted by Gasteiger charge is -2.21. The molecular weight excluding hydrogens is 236 g/mol. The van der Waals surface area contributed by atoms with Crippen LogP contribution >= 0.6 is 11.8 Å². The van der Waals surface area contributed by atoms with E-state index in [0.717, 1.165) is 6.54 Å². The summed E-state index contributed by atoms with van der Waals surface area (Å²) in [6.45, 7) is 0.794. The number of aromatic carboxylic acids is 1. The smallest absolute Gasteiger partial charge is 0.339 e. The molecule has 0 spiro atoms. The molecule has 0 radical (unpaired) electrons. The van der Waals surface area contributed by atoms with Crippen LogP contribution in [0.1, 0.15) is 29.6 Å². The van der Waals surface area contributed by atoms with E-state index in [4.69, 9.17) is 5.11 Å². The molecule has 2 N–H and O–H groups in total. The minimum atomic E-state index is -0.933. The summed E-state index contributed by atoms with van der Waals surface area (Å²) in [6, 6.07) is 3.22. The molecule has 1 aliphatic heterocycles. The Kier molecular flexibility index (Phi) is 4.25. The average Bonchev–Trinajstić information content (AvgIpc) is 2.38. The molecule has 5 heteroatoms. The van der Waals surface area contributed by atoms with Crippen LogP contribution in [0.25, 0.3) is 0 Å². The molecule has 0 aromatic carbocycles. The number of hydrogen-bond acceptors (Lipinski definition) is 4. The van der Waals surface area contributed by atoms with E-state index in [2.05, 4.69) is 10.3 Å². The number of nitrogens with one attached hydrogen (secondary N) is 1. The zero-order chi connectivity index (χ0) is 12.1. The summed E-state index contributed by atoms with van der Waals surface area (Å²) in [5, 5.41) is 12.7. The van der Waals surface area contributed by atoms with Crippen LogP contribution in [0.2, 0.25) is 0 Å². The van der Waals surface area contributed by atoms with Crippen LogP contribution in [0.4, 0.5) is 5.82 Å². The maximum absolute atomic E-state index is 11.0. The van der Waals surface area contributed by atoms with Crippen molar-refractivity contribution in [3.05, 3.63) is 23.9 Å². The normalized spacial score (nSPS) is 19.9. The first-order valence-electron chi connectivity index (χ1n) is 5.81. The van der Waals surface area contributed by atoms with Gasteiger partial charge in [-0.25, -0.2) is 9.78 Å². The first-order valence-corrected chi connectivity index (χ1v) is 6.86. The molecule has 1 fully saturated rings. The summed E-state index contributed by atoms with van der Waals surface area (Å²) in [5.41, 5.74) is 0.244. The van der Waals surface area contributed by atoms with Gasteiger partial charge in [0.25, 0.3) is 0 Å². The highest BCUT2D eigenvalue weighted by molar-refractivity contribution is 7.99. The monoisotopic (exact) mass is 252 g/mol. The molecule has 0 amide bonds. The molecule has 4 nitrogen and oxygen atoms in total. The second kappa shape index (κ2) is 5.91. The zero-order valence-corrected chi connectivity index (χ0v) is 10.4. The highest BCUT2D eigenvalue weighted by Gasteiger charge is 2.15. The van der Waals surface area contributed by atoms with Crippen molar-refractivity contribution in [2.45, 2.75) is 24.5 Å². The topological polar surface area (TPSA) is 62.2 Å². The van der Waals surface area contributed by atoms with Crippen molar-refractivity contribution in [2.24, 2.45) is 0 Å². The Labute approximate surface area is 105 Å². The van der Waals surface area contributed by atoms with Gasteiger partial charge in [0.2, 0.25) is 0 Å². The summed E-state index contributed by atoms with van der Waals surface area (Å²) < 4.78 is 0. The lowest BCUT2D eigenvalue weighted by atomic mass is 10.2. The summed E-state index contributed by atoms with van der Waals surface area (Å²) >= 11 is 1.96. The van der Waals surface area contributed by atoms with E-state index in [-0.39, 0.29) is 5.56 Å². The standard InChI is InChI=1S/C12H16N2O2S/c15-12(16)10-5-3-6-13-11(10)14-8-9-4-1-2-7-17-9/h3,5-6,9H,1-2,4,7-8H2,(H,13,14)(H,15,16). The first kappa shape index (κ1) is 12.2. The van der Waals surface area contributed by atoms with Crippen LogP contribution in [0, 0.1) is 0 Å². The molecule has 1 unspecified atom stereocenters. The number of carboxylic acid groups (broad SMARTS) is 1. The number of nitrogens with zero attached hydrogens (tertiary/aromatic N) is 1. The largest absolute Gasteiger partial charge is 0.478 e. The highest BCUT2D eigenvalue weighted by Crippen LogP contribution is 2.25. The Morgan fingerprint density at radius 3 is 3.18 bits per heavy atom. The number of carboxylic acids is 1. The summed E-state index contributed by atoms with van der Waals surface area (Å²) in [6.07, 6.45) is 5.38. The molecule has 0 saturated carbocycles. The first-order chi connectivity index (χ1) is 8.27. The van der Waals surface area contributed by atoms with Gasteiger partial charge in [-0.05, 0) is 30.7 Å². The lowest BCUT2D eigenvalue weighted by Crippen LogP contribution is -2.21. The Bertz CT molecular complexity index is 392. The molecule has 1 aromatic heterocycles. The molecule has 1 aliphatic rings. The fraction of sp³-hybridized carbons (Fsp3) is 0.500. The summed E-state index contributed by atoms with van der Waals surface area (Å²) in [5.74, 6) is 0.753. The van der Waals surface area contributed by atoms with Gasteiger partial charge < -0.3 is 10.4 Å². The van der Waals surface area contributed by atoms with E-state index < -0.39 is 5.97 Å². The van der Waals surface area contributed by atoms with Gasteiger partial charge in [-0.1, -0.05) is 6.42 Å². The molecule has 0 aliphatic carbocycles. The van der Waals surface area contributed by atoms with E-state index in [9.17, 15) is 4.79 Å². The van der Waals surface area contributed by atoms with Gasteiger partial charge in [-0.2, -0.15) is 11.8 Å². The van der Waals surface area contributed by atoms with E-state index in [1.54, 1.807) is 18.3 Å². The summed E-state index contributed by atoms with van der Waals surface area (Å²) in [7, 11) is 0. The van der Waals surface area contributed by atoms with Gasteiger partial charge >= 0.3 is 5.97 Å². The molecule has 1 aromatic rings. The maximum atomic E-state index is 11.0. The van der Waals surface area contributed by atoms with Crippen LogP contribution < -0.4 is 5.32 Å². The Morgan fingerprint density at radius 2 is 2.47 bits per heavy atom. The third kappa shape index (κ3) is 3.36. The van der Waals surface area contributed by atoms with Gasteiger partial charge in [0.1, 0.15) is 11.4 Å². The van der Waals surface area contributed by atoms with Crippen molar-refractivity contribution in [1.82, 2.24) is 4.98 Å². The number of aromatic nitrogens is 1. The molecule has 1 saturated heterocycles.